The Labute approximate surface area is 168 Å². The van der Waals surface area contributed by atoms with Crippen molar-refractivity contribution in [3.05, 3.63) is 0 Å². The van der Waals surface area contributed by atoms with Crippen molar-refractivity contribution >= 4 is 37.7 Å². The molecule has 75 valence electrons. The molecular formula is H2Co2Li4MnNi2O4. The van der Waals surface area contributed by atoms with Crippen LogP contribution in [-0.4, -0.2) is 37.7 Å². The molecule has 0 N–H and O–H groups in total. The van der Waals surface area contributed by atoms with Gasteiger partial charge in [-0.15, -0.1) is 0 Å². The van der Waals surface area contributed by atoms with Crippen LogP contribution in [0.2, 0.25) is 0 Å². The molecule has 0 saturated carbocycles. The van der Waals surface area contributed by atoms with Gasteiger partial charge in [0.15, 0.2) is 0 Å². The fraction of sp³-hybridized carbons (Fsp3) is 0. The zero-order chi connectivity index (χ0) is 4.50. The van der Waals surface area contributed by atoms with Crippen molar-refractivity contribution in [2.75, 3.05) is 0 Å². The summed E-state index contributed by atoms with van der Waals surface area (Å²) in [5.74, 6) is 0. The molecule has 0 atom stereocenters. The minimum atomic E-state index is -5.62. The summed E-state index contributed by atoms with van der Waals surface area (Å²) in [4.78, 5) is 0. The van der Waals surface area contributed by atoms with Crippen LogP contribution in [0.15, 0.2) is 0 Å². The summed E-state index contributed by atoms with van der Waals surface area (Å²) in [7, 11) is 0. The van der Waals surface area contributed by atoms with Crippen LogP contribution < -0.4 is 46.1 Å². The molecule has 0 aromatic rings. The molecule has 0 unspecified atom stereocenters. The molecule has 13 heteroatoms. The Morgan fingerprint density at radius 1 is 0.769 bits per heavy atom. The monoisotopic (exact) mass is 383 g/mol. The molecule has 0 aliphatic heterocycles. The number of hydrogen-bond donors (Lipinski definition) is 0. The molecule has 0 spiro atoms. The summed E-state index contributed by atoms with van der Waals surface area (Å²) in [6, 6.07) is 0. The number of rotatable bonds is 0. The van der Waals surface area contributed by atoms with Gasteiger partial charge >= 0.3 is 105 Å². The van der Waals surface area contributed by atoms with Crippen molar-refractivity contribution < 1.29 is 134 Å². The third-order valence-corrected chi connectivity index (χ3v) is 0. The Balaban J connectivity index is -0.00000000286. The van der Waals surface area contributed by atoms with Crippen LogP contribution in [0.5, 0.6) is 0 Å². The van der Waals surface area contributed by atoms with Crippen LogP contribution >= 0.6 is 0 Å². The van der Waals surface area contributed by atoms with E-state index in [1.807, 2.05) is 0 Å². The Morgan fingerprint density at radius 3 is 0.769 bits per heavy atom. The van der Waals surface area contributed by atoms with Crippen molar-refractivity contribution in [2.45, 2.75) is 0 Å². The summed E-state index contributed by atoms with van der Waals surface area (Å²) in [5.41, 5.74) is 0. The van der Waals surface area contributed by atoms with Crippen molar-refractivity contribution in [3.8, 4) is 0 Å². The van der Waals surface area contributed by atoms with Gasteiger partial charge in [-0.2, -0.15) is 0 Å². The van der Waals surface area contributed by atoms with Gasteiger partial charge in [0.2, 0.25) is 0 Å². The average Bonchev–Trinajstić information content (AvgIpc) is 0.722. The first kappa shape index (κ1) is 66.2. The SMILES string of the molecule is [Co].[Co].[Li+].[Li+].[LiH].[LiH].[Ni].[Ni].[O]=[Mn](=[O])([O-])[O-]. The van der Waals surface area contributed by atoms with Crippen molar-refractivity contribution in [2.24, 2.45) is 0 Å². The van der Waals surface area contributed by atoms with E-state index in [0.717, 1.165) is 0 Å². The van der Waals surface area contributed by atoms with Gasteiger partial charge in [-0.1, -0.05) is 0 Å². The van der Waals surface area contributed by atoms with Crippen LogP contribution in [0.1, 0.15) is 0 Å². The van der Waals surface area contributed by atoms with Gasteiger partial charge < -0.3 is 0 Å². The van der Waals surface area contributed by atoms with Crippen molar-refractivity contribution in [1.29, 1.82) is 0 Å². The van der Waals surface area contributed by atoms with Gasteiger partial charge in [0.05, 0.1) is 0 Å². The van der Waals surface area contributed by atoms with Crippen molar-refractivity contribution in [1.82, 2.24) is 0 Å². The zero-order valence-electron chi connectivity index (χ0n) is 5.31. The van der Waals surface area contributed by atoms with E-state index >= 15 is 0 Å². The second-order valence-corrected chi connectivity index (χ2v) is 1.56. The molecular weight excluding hydrogens is 382 g/mol. The molecule has 2 radical (unpaired) electrons. The predicted molar refractivity (Wildman–Crippen MR) is 15.7 cm³/mol. The van der Waals surface area contributed by atoms with Crippen LogP contribution in [-0.2, 0) is 87.6 Å². The first-order valence-corrected chi connectivity index (χ1v) is 2.54. The first-order valence-electron chi connectivity index (χ1n) is 0.617. The molecule has 0 aromatic heterocycles. The van der Waals surface area contributed by atoms with E-state index in [9.17, 15) is 0 Å². The van der Waals surface area contributed by atoms with Crippen molar-refractivity contribution in [3.63, 3.8) is 0 Å². The quantitative estimate of drug-likeness (QED) is 0.389. The molecule has 0 fully saturated rings. The molecule has 0 aliphatic rings. The topological polar surface area (TPSA) is 80.3 Å². The van der Waals surface area contributed by atoms with Gasteiger partial charge in [-0.25, -0.2) is 0 Å². The molecule has 0 amide bonds. The maximum atomic E-state index is 8.58. The summed E-state index contributed by atoms with van der Waals surface area (Å²) in [6.07, 6.45) is 0. The van der Waals surface area contributed by atoms with Gasteiger partial charge in [-0.05, 0) is 0 Å². The van der Waals surface area contributed by atoms with E-state index in [4.69, 9.17) is 16.0 Å². The molecule has 0 aliphatic carbocycles. The third kappa shape index (κ3) is 174. The molecule has 0 heterocycles. The molecule has 0 bridgehead atoms. The molecule has 0 rings (SSSR count). The standard InChI is InChI=1S/2Co.4Li.Mn.2Ni.4O.2H/q;;;;2*+1;;;;;;2*-1;;. The van der Waals surface area contributed by atoms with Gasteiger partial charge in [0, 0.05) is 66.5 Å². The minimum absolute atomic E-state index is 0. The fourth-order valence-electron chi connectivity index (χ4n) is 0. The second kappa shape index (κ2) is 36.0. The Morgan fingerprint density at radius 2 is 0.769 bits per heavy atom. The molecule has 4 nitrogen and oxygen atoms in total. The summed E-state index contributed by atoms with van der Waals surface area (Å²) >= 11 is -5.62. The summed E-state index contributed by atoms with van der Waals surface area (Å²) in [5, 5.41) is 0. The fourth-order valence-corrected chi connectivity index (χ4v) is 0. The van der Waals surface area contributed by atoms with Crippen LogP contribution in [0, 0.1) is 0 Å². The van der Waals surface area contributed by atoms with E-state index < -0.39 is 13.4 Å². The van der Waals surface area contributed by atoms with E-state index in [-0.39, 0.29) is 142 Å². The summed E-state index contributed by atoms with van der Waals surface area (Å²) < 4.78 is 34.3. The van der Waals surface area contributed by atoms with E-state index in [1.54, 1.807) is 0 Å². The van der Waals surface area contributed by atoms with Gasteiger partial charge in [0.1, 0.15) is 0 Å². The Kier molecular flexibility index (Phi) is 183. The van der Waals surface area contributed by atoms with E-state index in [2.05, 4.69) is 0 Å². The molecule has 0 saturated heterocycles. The Hall–Kier alpha value is 4.43. The third-order valence-electron chi connectivity index (χ3n) is 0. The molecule has 13 heavy (non-hydrogen) atoms. The van der Waals surface area contributed by atoms with Crippen LogP contribution in [0.4, 0.5) is 0 Å². The van der Waals surface area contributed by atoms with E-state index in [0.29, 0.717) is 0 Å². The van der Waals surface area contributed by atoms with Crippen LogP contribution in [0.25, 0.3) is 0 Å². The first-order chi connectivity index (χ1) is 2.00. The van der Waals surface area contributed by atoms with Crippen LogP contribution in [0.3, 0.4) is 0 Å². The van der Waals surface area contributed by atoms with Gasteiger partial charge in [0.25, 0.3) is 0 Å². The number of hydrogen-bond acceptors (Lipinski definition) is 4. The Bertz CT molecular complexity index is 111. The van der Waals surface area contributed by atoms with E-state index in [1.165, 1.54) is 0 Å². The van der Waals surface area contributed by atoms with Gasteiger partial charge in [-0.3, -0.25) is 0 Å². The normalized spacial score (nSPS) is 4.46. The predicted octanol–water partition coefficient (Wildman–Crippen LogP) is -9.92. The average molecular weight is 384 g/mol. The summed E-state index contributed by atoms with van der Waals surface area (Å²) in [6.45, 7) is 0. The second-order valence-electron chi connectivity index (χ2n) is 0.378. The zero-order valence-corrected chi connectivity index (χ0v) is 10.5. The maximum absolute atomic E-state index is 8.58. The molecule has 0 aromatic carbocycles.